The third-order valence-corrected chi connectivity index (χ3v) is 4.35. The zero-order valence-electron chi connectivity index (χ0n) is 16.8. The lowest BCUT2D eigenvalue weighted by Crippen LogP contribution is -2.35. The second-order valence-corrected chi connectivity index (χ2v) is 6.33. The number of ether oxygens (including phenoxy) is 4. The molecule has 0 atom stereocenters. The number of amides is 1. The Morgan fingerprint density at radius 1 is 1.07 bits per heavy atom. The summed E-state index contributed by atoms with van der Waals surface area (Å²) < 4.78 is 20.9. The Hall–Kier alpha value is -3.44. The molecule has 1 amide bonds. The first kappa shape index (κ1) is 22.8. The smallest absolute Gasteiger partial charge is 0.342 e. The standard InChI is InChI=1S/C21H21ClN2O6/c1-27-17-9-8-16(19(28-2)20(17)29-3)21(26)30-13-18(25)24(11-5-10-23)15-7-4-6-14(22)12-15/h4,6-9,12H,5,11,13H2,1-3H3. The molecule has 0 saturated heterocycles. The largest absolute Gasteiger partial charge is 0.493 e. The number of hydrogen-bond donors (Lipinski definition) is 0. The Bertz CT molecular complexity index is 957. The van der Waals surface area contributed by atoms with Crippen molar-refractivity contribution in [3.63, 3.8) is 0 Å². The molecule has 0 N–H and O–H groups in total. The molecule has 2 aromatic carbocycles. The van der Waals surface area contributed by atoms with Crippen molar-refractivity contribution < 1.29 is 28.5 Å². The van der Waals surface area contributed by atoms with Gasteiger partial charge in [-0.3, -0.25) is 4.79 Å². The number of hydrogen-bond acceptors (Lipinski definition) is 7. The predicted molar refractivity (Wildman–Crippen MR) is 110 cm³/mol. The van der Waals surface area contributed by atoms with Crippen LogP contribution in [0.15, 0.2) is 36.4 Å². The van der Waals surface area contributed by atoms with Gasteiger partial charge in [0.2, 0.25) is 5.75 Å². The van der Waals surface area contributed by atoms with E-state index in [0.29, 0.717) is 16.5 Å². The Morgan fingerprint density at radius 3 is 2.40 bits per heavy atom. The number of benzene rings is 2. The summed E-state index contributed by atoms with van der Waals surface area (Å²) in [6.07, 6.45) is 0.107. The van der Waals surface area contributed by atoms with E-state index in [1.165, 1.54) is 38.4 Å². The maximum atomic E-state index is 12.7. The minimum atomic E-state index is -0.771. The molecule has 9 heteroatoms. The molecule has 0 radical (unpaired) electrons. The Morgan fingerprint density at radius 2 is 1.80 bits per heavy atom. The monoisotopic (exact) mass is 432 g/mol. The quantitative estimate of drug-likeness (QED) is 0.559. The number of esters is 1. The number of rotatable bonds is 9. The summed E-state index contributed by atoms with van der Waals surface area (Å²) >= 11 is 6.00. The number of methoxy groups -OCH3 is 3. The molecule has 2 aromatic rings. The van der Waals surface area contributed by atoms with Gasteiger partial charge in [0, 0.05) is 17.3 Å². The van der Waals surface area contributed by atoms with Gasteiger partial charge in [0.1, 0.15) is 5.56 Å². The van der Waals surface area contributed by atoms with Gasteiger partial charge in [-0.05, 0) is 30.3 Å². The maximum absolute atomic E-state index is 12.7. The first-order valence-electron chi connectivity index (χ1n) is 8.85. The minimum absolute atomic E-state index is 0.0780. The maximum Gasteiger partial charge on any atom is 0.342 e. The lowest BCUT2D eigenvalue weighted by Gasteiger charge is -2.22. The van der Waals surface area contributed by atoms with Crippen LogP contribution in [0.2, 0.25) is 5.02 Å². The second-order valence-electron chi connectivity index (χ2n) is 5.89. The van der Waals surface area contributed by atoms with Crippen molar-refractivity contribution in [2.45, 2.75) is 6.42 Å². The van der Waals surface area contributed by atoms with Crippen LogP contribution >= 0.6 is 11.6 Å². The summed E-state index contributed by atoms with van der Waals surface area (Å²) in [5.41, 5.74) is 0.580. The molecule has 0 aromatic heterocycles. The molecule has 2 rings (SSSR count). The van der Waals surface area contributed by atoms with Gasteiger partial charge in [-0.15, -0.1) is 0 Å². The zero-order chi connectivity index (χ0) is 22.1. The van der Waals surface area contributed by atoms with Gasteiger partial charge in [-0.2, -0.15) is 5.26 Å². The van der Waals surface area contributed by atoms with Crippen LogP contribution in [-0.4, -0.2) is 46.4 Å². The van der Waals surface area contributed by atoms with E-state index in [1.54, 1.807) is 24.3 Å². The third kappa shape index (κ3) is 5.33. The topological polar surface area (TPSA) is 98.1 Å². The van der Waals surface area contributed by atoms with Crippen LogP contribution in [0.5, 0.6) is 17.2 Å². The molecule has 8 nitrogen and oxygen atoms in total. The van der Waals surface area contributed by atoms with Crippen molar-refractivity contribution in [2.75, 3.05) is 39.4 Å². The first-order chi connectivity index (χ1) is 14.5. The van der Waals surface area contributed by atoms with Crippen LogP contribution in [0.1, 0.15) is 16.8 Å². The highest BCUT2D eigenvalue weighted by Gasteiger charge is 2.24. The Kier molecular flexibility index (Phi) is 8.32. The Labute approximate surface area is 179 Å². The highest BCUT2D eigenvalue weighted by molar-refractivity contribution is 6.30. The van der Waals surface area contributed by atoms with E-state index < -0.39 is 18.5 Å². The summed E-state index contributed by atoms with van der Waals surface area (Å²) in [5, 5.41) is 9.32. The van der Waals surface area contributed by atoms with Gasteiger partial charge in [-0.1, -0.05) is 17.7 Å². The first-order valence-corrected chi connectivity index (χ1v) is 9.23. The van der Waals surface area contributed by atoms with E-state index >= 15 is 0 Å². The van der Waals surface area contributed by atoms with Crippen molar-refractivity contribution in [2.24, 2.45) is 0 Å². The van der Waals surface area contributed by atoms with Gasteiger partial charge in [0.15, 0.2) is 18.1 Å². The number of anilines is 1. The van der Waals surface area contributed by atoms with Crippen LogP contribution in [0.25, 0.3) is 0 Å². The van der Waals surface area contributed by atoms with Gasteiger partial charge < -0.3 is 23.8 Å². The number of nitriles is 1. The number of carbonyl (C=O) groups excluding carboxylic acids is 2. The van der Waals surface area contributed by atoms with Crippen LogP contribution in [0.3, 0.4) is 0 Å². The van der Waals surface area contributed by atoms with Crippen LogP contribution in [-0.2, 0) is 9.53 Å². The molecule has 0 bridgehead atoms. The summed E-state index contributed by atoms with van der Waals surface area (Å²) in [6, 6.07) is 11.6. The minimum Gasteiger partial charge on any atom is -0.493 e. The molecule has 0 spiro atoms. The fourth-order valence-corrected chi connectivity index (χ4v) is 2.93. The van der Waals surface area contributed by atoms with E-state index in [1.807, 2.05) is 6.07 Å². The number of carbonyl (C=O) groups is 2. The molecule has 0 fully saturated rings. The molecule has 30 heavy (non-hydrogen) atoms. The van der Waals surface area contributed by atoms with Crippen molar-refractivity contribution in [1.29, 1.82) is 5.26 Å². The third-order valence-electron chi connectivity index (χ3n) is 4.12. The summed E-state index contributed by atoms with van der Waals surface area (Å²) in [7, 11) is 4.25. The fourth-order valence-electron chi connectivity index (χ4n) is 2.75. The van der Waals surface area contributed by atoms with E-state index in [2.05, 4.69) is 0 Å². The predicted octanol–water partition coefficient (Wildman–Crippen LogP) is 3.47. The average Bonchev–Trinajstić information content (AvgIpc) is 2.76. The second kappa shape index (κ2) is 10.9. The highest BCUT2D eigenvalue weighted by atomic mass is 35.5. The average molecular weight is 433 g/mol. The molecule has 0 aliphatic heterocycles. The van der Waals surface area contributed by atoms with Crippen molar-refractivity contribution in [3.8, 4) is 23.3 Å². The summed E-state index contributed by atoms with van der Waals surface area (Å²) in [6.45, 7) is -0.402. The van der Waals surface area contributed by atoms with Gasteiger partial charge in [0.05, 0.1) is 33.8 Å². The highest BCUT2D eigenvalue weighted by Crippen LogP contribution is 2.39. The zero-order valence-corrected chi connectivity index (χ0v) is 17.6. The van der Waals surface area contributed by atoms with Gasteiger partial charge in [0.25, 0.3) is 5.91 Å². The SMILES string of the molecule is COc1ccc(C(=O)OCC(=O)N(CCC#N)c2cccc(Cl)c2)c(OC)c1OC. The van der Waals surface area contributed by atoms with E-state index in [-0.39, 0.29) is 30.0 Å². The van der Waals surface area contributed by atoms with E-state index in [0.717, 1.165) is 0 Å². The van der Waals surface area contributed by atoms with Crippen molar-refractivity contribution in [1.82, 2.24) is 0 Å². The van der Waals surface area contributed by atoms with Gasteiger partial charge in [-0.25, -0.2) is 4.79 Å². The molecule has 0 aliphatic rings. The fraction of sp³-hybridized carbons (Fsp3) is 0.286. The molecule has 0 saturated carbocycles. The van der Waals surface area contributed by atoms with E-state index in [4.69, 9.17) is 35.8 Å². The van der Waals surface area contributed by atoms with Crippen molar-refractivity contribution >= 4 is 29.2 Å². The molecule has 0 aliphatic carbocycles. The molecule has 158 valence electrons. The molecule has 0 unspecified atom stereocenters. The van der Waals surface area contributed by atoms with Crippen molar-refractivity contribution in [3.05, 3.63) is 47.0 Å². The van der Waals surface area contributed by atoms with Crippen LogP contribution in [0.4, 0.5) is 5.69 Å². The summed E-state index contributed by atoms with van der Waals surface area (Å²) in [4.78, 5) is 26.6. The lowest BCUT2D eigenvalue weighted by atomic mass is 10.1. The number of nitrogens with zero attached hydrogens (tertiary/aromatic N) is 2. The normalized spacial score (nSPS) is 9.97. The van der Waals surface area contributed by atoms with E-state index in [9.17, 15) is 9.59 Å². The summed E-state index contributed by atoms with van der Waals surface area (Å²) in [5.74, 6) is -0.528. The van der Waals surface area contributed by atoms with Gasteiger partial charge >= 0.3 is 5.97 Å². The molecule has 0 heterocycles. The number of halogens is 1. The molecular weight excluding hydrogens is 412 g/mol. The van der Waals surface area contributed by atoms with Crippen LogP contribution < -0.4 is 19.1 Å². The lowest BCUT2D eigenvalue weighted by molar-refractivity contribution is -0.121. The van der Waals surface area contributed by atoms with Crippen LogP contribution in [0, 0.1) is 11.3 Å². The molecular formula is C21H21ClN2O6. The Balaban J connectivity index is 2.19.